The Morgan fingerprint density at radius 3 is 2.60 bits per heavy atom. The van der Waals surface area contributed by atoms with Gasteiger partial charge in [-0.25, -0.2) is 4.39 Å². The van der Waals surface area contributed by atoms with Crippen molar-refractivity contribution < 1.29 is 23.4 Å². The van der Waals surface area contributed by atoms with Gasteiger partial charge >= 0.3 is 0 Å². The lowest BCUT2D eigenvalue weighted by Crippen LogP contribution is -2.32. The number of ketones is 1. The Morgan fingerprint density at radius 2 is 2.03 bits per heavy atom. The van der Waals surface area contributed by atoms with E-state index in [9.17, 15) is 24.3 Å². The van der Waals surface area contributed by atoms with E-state index in [1.807, 2.05) is 6.07 Å². The first-order valence-electron chi connectivity index (χ1n) is 9.22. The molecule has 0 saturated carbocycles. The molecule has 0 amide bonds. The van der Waals surface area contributed by atoms with Gasteiger partial charge in [-0.05, 0) is 55.3 Å². The number of furan rings is 1. The monoisotopic (exact) mass is 410 g/mol. The first kappa shape index (κ1) is 20.9. The average molecular weight is 410 g/mol. The highest BCUT2D eigenvalue weighted by molar-refractivity contribution is 6.03. The van der Waals surface area contributed by atoms with Crippen molar-refractivity contribution in [2.45, 2.75) is 32.9 Å². The van der Waals surface area contributed by atoms with Crippen LogP contribution in [0.1, 0.15) is 40.6 Å². The molecule has 154 valence electrons. The van der Waals surface area contributed by atoms with Crippen LogP contribution >= 0.6 is 0 Å². The molecule has 2 heterocycles. The van der Waals surface area contributed by atoms with Crippen molar-refractivity contribution in [2.75, 3.05) is 0 Å². The maximum absolute atomic E-state index is 13.2. The van der Waals surface area contributed by atoms with Crippen molar-refractivity contribution in [1.82, 2.24) is 4.57 Å². The van der Waals surface area contributed by atoms with Gasteiger partial charge in [0.25, 0.3) is 5.56 Å². The number of carbonyl (C=O) groups excluding carboxylic acids is 1. The lowest BCUT2D eigenvalue weighted by Gasteiger charge is -2.20. The highest BCUT2D eigenvalue weighted by Gasteiger charge is 2.30. The fourth-order valence-corrected chi connectivity index (χ4v) is 3.11. The zero-order valence-electron chi connectivity index (χ0n) is 16.4. The molecule has 0 aliphatic rings. The molecule has 3 aromatic rings. The van der Waals surface area contributed by atoms with E-state index in [0.29, 0.717) is 5.76 Å². The van der Waals surface area contributed by atoms with E-state index in [1.165, 1.54) is 37.5 Å². The summed E-state index contributed by atoms with van der Waals surface area (Å²) < 4.78 is 24.9. The molecule has 1 aromatic carbocycles. The van der Waals surface area contributed by atoms with E-state index in [-0.39, 0.29) is 35.4 Å². The molecule has 0 fully saturated rings. The summed E-state index contributed by atoms with van der Waals surface area (Å²) in [4.78, 5) is 25.9. The molecule has 1 unspecified atom stereocenters. The second-order valence-electron chi connectivity index (χ2n) is 6.61. The van der Waals surface area contributed by atoms with Crippen LogP contribution in [0.25, 0.3) is 0 Å². The van der Waals surface area contributed by atoms with E-state index < -0.39 is 29.1 Å². The highest BCUT2D eigenvalue weighted by atomic mass is 19.1. The molecule has 0 radical (unpaired) electrons. The molecule has 2 aromatic heterocycles. The Hall–Kier alpha value is -3.86. The Morgan fingerprint density at radius 1 is 1.33 bits per heavy atom. The standard InChI is InChI=1S/C22H19FN2O5/c1-3-18(30-15-8-6-14(23)7-9-15)20(26)19-13(2)17(11-24)21(27)25(22(19)28)12-16-5-4-10-29-16/h4-10,18,28H,3,12H2,1-2H3. The molecule has 30 heavy (non-hydrogen) atoms. The average Bonchev–Trinajstić information content (AvgIpc) is 3.24. The van der Waals surface area contributed by atoms with Gasteiger partial charge in [0.15, 0.2) is 6.10 Å². The molecule has 7 nitrogen and oxygen atoms in total. The summed E-state index contributed by atoms with van der Waals surface area (Å²) in [6.07, 6.45) is 0.641. The van der Waals surface area contributed by atoms with Crippen molar-refractivity contribution in [1.29, 1.82) is 5.26 Å². The number of nitriles is 1. The summed E-state index contributed by atoms with van der Waals surface area (Å²) in [5, 5.41) is 20.2. The van der Waals surface area contributed by atoms with Crippen LogP contribution < -0.4 is 10.3 Å². The van der Waals surface area contributed by atoms with Crippen LogP contribution in [0.2, 0.25) is 0 Å². The van der Waals surface area contributed by atoms with Crippen LogP contribution in [0, 0.1) is 24.1 Å². The number of aromatic nitrogens is 1. The maximum atomic E-state index is 13.2. The smallest absolute Gasteiger partial charge is 0.271 e. The molecule has 3 rings (SSSR count). The van der Waals surface area contributed by atoms with Gasteiger partial charge in [0.05, 0.1) is 18.4 Å². The van der Waals surface area contributed by atoms with Gasteiger partial charge < -0.3 is 14.3 Å². The minimum atomic E-state index is -1.01. The number of aromatic hydroxyl groups is 1. The molecule has 1 atom stereocenters. The minimum absolute atomic E-state index is 0.0712. The Bertz CT molecular complexity index is 1160. The van der Waals surface area contributed by atoms with Crippen molar-refractivity contribution >= 4 is 5.78 Å². The third-order valence-corrected chi connectivity index (χ3v) is 4.70. The predicted molar refractivity (Wildman–Crippen MR) is 105 cm³/mol. The lowest BCUT2D eigenvalue weighted by molar-refractivity contribution is 0.0781. The molecule has 0 bridgehead atoms. The fourth-order valence-electron chi connectivity index (χ4n) is 3.11. The number of rotatable bonds is 7. The van der Waals surface area contributed by atoms with Crippen LogP contribution in [0.5, 0.6) is 11.6 Å². The van der Waals surface area contributed by atoms with E-state index in [1.54, 1.807) is 19.1 Å². The first-order chi connectivity index (χ1) is 14.4. The van der Waals surface area contributed by atoms with Crippen LogP contribution in [0.4, 0.5) is 4.39 Å². The van der Waals surface area contributed by atoms with Gasteiger partial charge in [0, 0.05) is 0 Å². The SMILES string of the molecule is CCC(Oc1ccc(F)cc1)C(=O)c1c(C)c(C#N)c(=O)n(Cc2ccco2)c1O. The van der Waals surface area contributed by atoms with Crippen LogP contribution in [0.15, 0.2) is 51.9 Å². The number of hydrogen-bond acceptors (Lipinski definition) is 6. The zero-order chi connectivity index (χ0) is 21.8. The number of halogens is 1. The van der Waals surface area contributed by atoms with Gasteiger partial charge in [0.1, 0.15) is 29.0 Å². The molecule has 1 N–H and O–H groups in total. The van der Waals surface area contributed by atoms with Gasteiger partial charge in [0.2, 0.25) is 11.7 Å². The summed E-state index contributed by atoms with van der Waals surface area (Å²) in [5.41, 5.74) is -1.08. The predicted octanol–water partition coefficient (Wildman–Crippen LogP) is 3.55. The van der Waals surface area contributed by atoms with E-state index in [0.717, 1.165) is 4.57 Å². The lowest BCUT2D eigenvalue weighted by atomic mass is 9.97. The summed E-state index contributed by atoms with van der Waals surface area (Å²) in [7, 11) is 0. The second-order valence-corrected chi connectivity index (χ2v) is 6.61. The third-order valence-electron chi connectivity index (χ3n) is 4.70. The normalized spacial score (nSPS) is 11.7. The minimum Gasteiger partial charge on any atom is -0.494 e. The molecule has 0 aliphatic carbocycles. The summed E-state index contributed by atoms with van der Waals surface area (Å²) in [6, 6.07) is 10.2. The van der Waals surface area contributed by atoms with Crippen molar-refractivity contribution in [3.05, 3.63) is 81.3 Å². The van der Waals surface area contributed by atoms with Crippen molar-refractivity contribution in [2.24, 2.45) is 0 Å². The molecular weight excluding hydrogens is 391 g/mol. The topological polar surface area (TPSA) is 105 Å². The van der Waals surface area contributed by atoms with Crippen LogP contribution in [-0.2, 0) is 6.54 Å². The maximum Gasteiger partial charge on any atom is 0.271 e. The van der Waals surface area contributed by atoms with Crippen LogP contribution in [-0.4, -0.2) is 21.6 Å². The molecule has 0 saturated heterocycles. The molecule has 8 heteroatoms. The number of benzene rings is 1. The highest BCUT2D eigenvalue weighted by Crippen LogP contribution is 2.26. The number of pyridine rings is 1. The largest absolute Gasteiger partial charge is 0.494 e. The second kappa shape index (κ2) is 8.66. The van der Waals surface area contributed by atoms with Crippen LogP contribution in [0.3, 0.4) is 0 Å². The Kier molecular flexibility index (Phi) is 6.02. The van der Waals surface area contributed by atoms with Gasteiger partial charge in [-0.15, -0.1) is 0 Å². The number of hydrogen-bond donors (Lipinski definition) is 1. The first-order valence-corrected chi connectivity index (χ1v) is 9.22. The summed E-state index contributed by atoms with van der Waals surface area (Å²) in [5.74, 6) is -0.967. The Balaban J connectivity index is 2.06. The van der Waals surface area contributed by atoms with Crippen molar-refractivity contribution in [3.8, 4) is 17.7 Å². The molecule has 0 aliphatic heterocycles. The van der Waals surface area contributed by atoms with Gasteiger partial charge in [-0.2, -0.15) is 5.26 Å². The molecule has 0 spiro atoms. The Labute approximate surface area is 171 Å². The van der Waals surface area contributed by atoms with E-state index in [4.69, 9.17) is 9.15 Å². The van der Waals surface area contributed by atoms with E-state index in [2.05, 4.69) is 0 Å². The number of nitrogens with zero attached hydrogens (tertiary/aromatic N) is 2. The van der Waals surface area contributed by atoms with E-state index >= 15 is 0 Å². The number of Topliss-reactive ketones (excluding diaryl/α,β-unsaturated/α-hetero) is 1. The summed E-state index contributed by atoms with van der Waals surface area (Å²) in [6.45, 7) is 2.99. The summed E-state index contributed by atoms with van der Waals surface area (Å²) >= 11 is 0. The third kappa shape index (κ3) is 3.96. The molecular formula is C22H19FN2O5. The fraction of sp³-hybridized carbons (Fsp3) is 0.227. The van der Waals surface area contributed by atoms with Gasteiger partial charge in [-0.3, -0.25) is 14.2 Å². The van der Waals surface area contributed by atoms with Gasteiger partial charge in [-0.1, -0.05) is 6.92 Å². The number of carbonyl (C=O) groups is 1. The number of ether oxygens (including phenoxy) is 1. The zero-order valence-corrected chi connectivity index (χ0v) is 16.4. The van der Waals surface area contributed by atoms with Crippen molar-refractivity contribution in [3.63, 3.8) is 0 Å². The quantitative estimate of drug-likeness (QED) is 0.597.